The van der Waals surface area contributed by atoms with Gasteiger partial charge in [0.2, 0.25) is 10.0 Å². The van der Waals surface area contributed by atoms with Crippen LogP contribution >= 0.6 is 0 Å². The SMILES string of the molecule is COC(=O)c1cc(-c2cccc(S(=O)(=O)NC3CC3)c2)c2ncn(C/C(F)=C/CN)c2c1. The third-order valence-corrected chi connectivity index (χ3v) is 6.68. The molecule has 1 aliphatic carbocycles. The Labute approximate surface area is 184 Å². The van der Waals surface area contributed by atoms with Crippen LogP contribution in [0.4, 0.5) is 4.39 Å². The first-order chi connectivity index (χ1) is 15.3. The fourth-order valence-corrected chi connectivity index (χ4v) is 4.77. The quantitative estimate of drug-likeness (QED) is 0.502. The summed E-state index contributed by atoms with van der Waals surface area (Å²) in [6, 6.07) is 9.56. The molecular formula is C22H23FN4O4S. The van der Waals surface area contributed by atoms with Gasteiger partial charge < -0.3 is 15.0 Å². The topological polar surface area (TPSA) is 116 Å². The molecule has 3 N–H and O–H groups in total. The third-order valence-electron chi connectivity index (χ3n) is 5.16. The molecular weight excluding hydrogens is 435 g/mol. The van der Waals surface area contributed by atoms with Crippen LogP contribution in [-0.2, 0) is 21.3 Å². The molecule has 0 atom stereocenters. The fourth-order valence-electron chi connectivity index (χ4n) is 3.42. The Hall–Kier alpha value is -3.08. The maximum atomic E-state index is 14.1. The molecule has 0 amide bonds. The lowest BCUT2D eigenvalue weighted by Gasteiger charge is -2.11. The zero-order chi connectivity index (χ0) is 22.9. The number of fused-ring (bicyclic) bond motifs is 1. The lowest BCUT2D eigenvalue weighted by atomic mass is 10.0. The Kier molecular flexibility index (Phi) is 6.09. The van der Waals surface area contributed by atoms with Gasteiger partial charge in [0.1, 0.15) is 5.83 Å². The van der Waals surface area contributed by atoms with Crippen molar-refractivity contribution in [2.45, 2.75) is 30.3 Å². The summed E-state index contributed by atoms with van der Waals surface area (Å²) < 4.78 is 48.5. The average Bonchev–Trinajstić information content (AvgIpc) is 3.50. The number of sulfonamides is 1. The molecule has 32 heavy (non-hydrogen) atoms. The first kappa shape index (κ1) is 22.1. The largest absolute Gasteiger partial charge is 0.465 e. The van der Waals surface area contributed by atoms with Gasteiger partial charge in [-0.1, -0.05) is 12.1 Å². The van der Waals surface area contributed by atoms with Gasteiger partial charge in [0, 0.05) is 18.2 Å². The Morgan fingerprint density at radius 3 is 2.81 bits per heavy atom. The average molecular weight is 459 g/mol. The number of allylic oxidation sites excluding steroid dienone is 1. The highest BCUT2D eigenvalue weighted by molar-refractivity contribution is 7.89. The predicted octanol–water partition coefficient (Wildman–Crippen LogP) is 2.74. The molecule has 10 heteroatoms. The van der Waals surface area contributed by atoms with Crippen molar-refractivity contribution in [1.82, 2.24) is 14.3 Å². The minimum absolute atomic E-state index is 0.0230. The van der Waals surface area contributed by atoms with Gasteiger partial charge in [0.05, 0.1) is 41.5 Å². The summed E-state index contributed by atoms with van der Waals surface area (Å²) >= 11 is 0. The van der Waals surface area contributed by atoms with Crippen molar-refractivity contribution in [3.63, 3.8) is 0 Å². The second-order valence-corrected chi connectivity index (χ2v) is 9.28. The minimum Gasteiger partial charge on any atom is -0.465 e. The Bertz CT molecular complexity index is 1310. The number of esters is 1. The molecule has 0 unspecified atom stereocenters. The Morgan fingerprint density at radius 2 is 2.12 bits per heavy atom. The van der Waals surface area contributed by atoms with Crippen LogP contribution in [0.3, 0.4) is 0 Å². The molecule has 0 saturated heterocycles. The van der Waals surface area contributed by atoms with E-state index in [0.717, 1.165) is 12.8 Å². The second kappa shape index (κ2) is 8.81. The number of methoxy groups -OCH3 is 1. The van der Waals surface area contributed by atoms with E-state index in [1.807, 2.05) is 0 Å². The zero-order valence-electron chi connectivity index (χ0n) is 17.4. The summed E-state index contributed by atoms with van der Waals surface area (Å²) in [6.45, 7) is -0.0369. The number of nitrogens with one attached hydrogen (secondary N) is 1. The van der Waals surface area contributed by atoms with Crippen LogP contribution in [0.15, 0.2) is 59.5 Å². The number of nitrogens with two attached hydrogens (primary N) is 1. The predicted molar refractivity (Wildman–Crippen MR) is 118 cm³/mol. The number of hydrogen-bond donors (Lipinski definition) is 2. The molecule has 1 saturated carbocycles. The van der Waals surface area contributed by atoms with Gasteiger partial charge in [-0.15, -0.1) is 0 Å². The van der Waals surface area contributed by atoms with Crippen LogP contribution in [0.1, 0.15) is 23.2 Å². The van der Waals surface area contributed by atoms with E-state index in [9.17, 15) is 17.6 Å². The van der Waals surface area contributed by atoms with Crippen LogP contribution in [0.25, 0.3) is 22.2 Å². The van der Waals surface area contributed by atoms with Gasteiger partial charge in [-0.25, -0.2) is 27.3 Å². The van der Waals surface area contributed by atoms with Crippen LogP contribution in [-0.4, -0.2) is 43.6 Å². The first-order valence-electron chi connectivity index (χ1n) is 10.1. The number of hydrogen-bond acceptors (Lipinski definition) is 6. The molecule has 8 nitrogen and oxygen atoms in total. The maximum Gasteiger partial charge on any atom is 0.337 e. The summed E-state index contributed by atoms with van der Waals surface area (Å²) in [4.78, 5) is 16.8. The lowest BCUT2D eigenvalue weighted by molar-refractivity contribution is 0.0601. The van der Waals surface area contributed by atoms with Gasteiger partial charge in [-0.2, -0.15) is 0 Å². The van der Waals surface area contributed by atoms with Gasteiger partial charge in [-0.3, -0.25) is 0 Å². The normalized spacial score (nSPS) is 14.7. The molecule has 0 bridgehead atoms. The Morgan fingerprint density at radius 1 is 1.34 bits per heavy atom. The lowest BCUT2D eigenvalue weighted by Crippen LogP contribution is -2.25. The van der Waals surface area contributed by atoms with Crippen molar-refractivity contribution in [1.29, 1.82) is 0 Å². The van der Waals surface area contributed by atoms with Gasteiger partial charge in [0.25, 0.3) is 0 Å². The highest BCUT2D eigenvalue weighted by Gasteiger charge is 2.28. The van der Waals surface area contributed by atoms with Crippen molar-refractivity contribution < 1.29 is 22.3 Å². The number of nitrogens with zero attached hydrogens (tertiary/aromatic N) is 2. The molecule has 1 aromatic heterocycles. The zero-order valence-corrected chi connectivity index (χ0v) is 18.2. The summed E-state index contributed by atoms with van der Waals surface area (Å²) in [7, 11) is -2.40. The summed E-state index contributed by atoms with van der Waals surface area (Å²) in [5.41, 5.74) is 7.72. The van der Waals surface area contributed by atoms with Crippen molar-refractivity contribution in [3.05, 3.63) is 60.2 Å². The number of benzene rings is 2. The first-order valence-corrected chi connectivity index (χ1v) is 11.6. The monoisotopic (exact) mass is 458 g/mol. The molecule has 3 aromatic rings. The number of ether oxygens (including phenoxy) is 1. The molecule has 1 fully saturated rings. The Balaban J connectivity index is 1.84. The third kappa shape index (κ3) is 4.57. The van der Waals surface area contributed by atoms with E-state index >= 15 is 0 Å². The molecule has 0 aliphatic heterocycles. The second-order valence-electron chi connectivity index (χ2n) is 7.57. The van der Waals surface area contributed by atoms with E-state index in [0.29, 0.717) is 22.2 Å². The van der Waals surface area contributed by atoms with Crippen LogP contribution in [0, 0.1) is 0 Å². The molecule has 1 aliphatic rings. The van der Waals surface area contributed by atoms with Gasteiger partial charge >= 0.3 is 5.97 Å². The maximum absolute atomic E-state index is 14.1. The summed E-state index contributed by atoms with van der Waals surface area (Å²) in [6.07, 6.45) is 4.38. The van der Waals surface area contributed by atoms with E-state index in [1.54, 1.807) is 28.8 Å². The van der Waals surface area contributed by atoms with Crippen molar-refractivity contribution in [2.75, 3.05) is 13.7 Å². The van der Waals surface area contributed by atoms with E-state index in [4.69, 9.17) is 10.5 Å². The number of halogens is 1. The number of aromatic nitrogens is 2. The molecule has 2 aromatic carbocycles. The number of carbonyl (C=O) groups excluding carboxylic acids is 1. The standard InChI is InChI=1S/C22H23FN4O4S/c1-31-22(28)15-10-19(21-20(11-15)27(13-25-21)12-16(23)7-8-24)14-3-2-4-18(9-14)32(29,30)26-17-5-6-17/h2-4,7,9-11,13,17,26H,5-6,8,12,24H2,1H3/b16-7-. The van der Waals surface area contributed by atoms with Crippen LogP contribution < -0.4 is 10.5 Å². The smallest absolute Gasteiger partial charge is 0.337 e. The molecule has 1 heterocycles. The van der Waals surface area contributed by atoms with Crippen molar-refractivity contribution in [3.8, 4) is 11.1 Å². The summed E-state index contributed by atoms with van der Waals surface area (Å²) in [5, 5.41) is 0. The van der Waals surface area contributed by atoms with E-state index < -0.39 is 21.8 Å². The number of carbonyl (C=O) groups is 1. The number of imidazole rings is 1. The van der Waals surface area contributed by atoms with Crippen molar-refractivity contribution >= 4 is 27.0 Å². The fraction of sp³-hybridized carbons (Fsp3) is 0.273. The number of rotatable bonds is 8. The highest BCUT2D eigenvalue weighted by Crippen LogP contribution is 2.32. The highest BCUT2D eigenvalue weighted by atomic mass is 32.2. The van der Waals surface area contributed by atoms with E-state index in [2.05, 4.69) is 9.71 Å². The van der Waals surface area contributed by atoms with E-state index in [-0.39, 0.29) is 29.6 Å². The van der Waals surface area contributed by atoms with Gasteiger partial charge in [0.15, 0.2) is 0 Å². The molecule has 168 valence electrons. The summed E-state index contributed by atoms with van der Waals surface area (Å²) in [5.74, 6) is -1.01. The van der Waals surface area contributed by atoms with Gasteiger partial charge in [-0.05, 0) is 48.7 Å². The van der Waals surface area contributed by atoms with Crippen molar-refractivity contribution in [2.24, 2.45) is 5.73 Å². The van der Waals surface area contributed by atoms with Crippen LogP contribution in [0.2, 0.25) is 0 Å². The molecule has 0 spiro atoms. The van der Waals surface area contributed by atoms with Crippen LogP contribution in [0.5, 0.6) is 0 Å². The molecule has 4 rings (SSSR count). The molecule has 0 radical (unpaired) electrons. The van der Waals surface area contributed by atoms with E-state index in [1.165, 1.54) is 31.6 Å². The minimum atomic E-state index is -3.67.